The monoisotopic (exact) mass is 699 g/mol. The lowest BCUT2D eigenvalue weighted by Gasteiger charge is -2.22. The number of hydrogen-bond donors (Lipinski definition) is 6. The van der Waals surface area contributed by atoms with Crippen LogP contribution in [0.15, 0.2) is 61.1 Å². The predicted molar refractivity (Wildman–Crippen MR) is 188 cm³/mol. The molecule has 1 aromatic carbocycles. The summed E-state index contributed by atoms with van der Waals surface area (Å²) < 4.78 is 4.78. The molecule has 0 aliphatic rings. The number of rotatable bonds is 15. The number of aromatic nitrogens is 3. The molecule has 16 heteroatoms. The van der Waals surface area contributed by atoms with Crippen LogP contribution in [-0.4, -0.2) is 74.9 Å². The van der Waals surface area contributed by atoms with E-state index < -0.39 is 11.8 Å². The van der Waals surface area contributed by atoms with Gasteiger partial charge in [-0.2, -0.15) is 0 Å². The number of nitrogens with one attached hydrogen (secondary N) is 4. The van der Waals surface area contributed by atoms with Crippen molar-refractivity contribution in [2.75, 3.05) is 52.2 Å². The van der Waals surface area contributed by atoms with Crippen LogP contribution in [-0.2, 0) is 21.1 Å². The normalized spacial score (nSPS) is 11.6. The molecule has 9 N–H and O–H groups in total. The second kappa shape index (κ2) is 16.4. The summed E-state index contributed by atoms with van der Waals surface area (Å²) in [4.78, 5) is 53.8. The molecule has 1 unspecified atom stereocenters. The lowest BCUT2D eigenvalue weighted by atomic mass is 10.1. The first-order valence-electron chi connectivity index (χ1n) is 15.2. The fraction of sp³-hybridized carbons (Fsp3) is 0.312. The quantitative estimate of drug-likeness (QED) is 0.0816. The number of benzene rings is 1. The average Bonchev–Trinajstić information content (AvgIpc) is 3.71. The Morgan fingerprint density at radius 1 is 0.729 bits per heavy atom. The highest BCUT2D eigenvalue weighted by Gasteiger charge is 2.19. The molecule has 14 nitrogen and oxygen atoms in total. The van der Waals surface area contributed by atoms with Crippen LogP contribution in [0.25, 0.3) is 0 Å². The Balaban J connectivity index is 1.36. The maximum Gasteiger partial charge on any atom is 0.272 e. The van der Waals surface area contributed by atoms with E-state index in [0.29, 0.717) is 71.8 Å². The minimum atomic E-state index is -0.433. The first-order valence-corrected chi connectivity index (χ1v) is 16.2. The van der Waals surface area contributed by atoms with Gasteiger partial charge in [0.2, 0.25) is 0 Å². The van der Waals surface area contributed by atoms with E-state index in [1.807, 2.05) is 17.0 Å². The van der Waals surface area contributed by atoms with Gasteiger partial charge in [-0.3, -0.25) is 24.9 Å². The molecule has 48 heavy (non-hydrogen) atoms. The highest BCUT2D eigenvalue weighted by molar-refractivity contribution is 6.18. The van der Waals surface area contributed by atoms with Crippen molar-refractivity contribution in [3.8, 4) is 0 Å². The number of nitrogens with zero attached hydrogens (tertiary/aromatic N) is 4. The molecule has 0 radical (unpaired) electrons. The Labute approximate surface area is 288 Å². The molecule has 1 atom stereocenters. The third-order valence-corrected chi connectivity index (χ3v) is 7.83. The smallest absolute Gasteiger partial charge is 0.272 e. The van der Waals surface area contributed by atoms with Gasteiger partial charge in [0.15, 0.2) is 0 Å². The number of quaternary nitrogens is 1. The highest BCUT2D eigenvalue weighted by Crippen LogP contribution is 2.21. The Bertz CT molecular complexity index is 1750. The molecule has 256 valence electrons. The summed E-state index contributed by atoms with van der Waals surface area (Å²) in [6.45, 7) is 1.65. The molecule has 0 aliphatic heterocycles. The van der Waals surface area contributed by atoms with E-state index in [1.54, 1.807) is 83.8 Å². The molecule has 3 heterocycles. The Kier molecular flexibility index (Phi) is 12.3. The van der Waals surface area contributed by atoms with Crippen LogP contribution in [0.1, 0.15) is 48.2 Å². The molecule has 0 saturated heterocycles. The van der Waals surface area contributed by atoms with Crippen LogP contribution >= 0.6 is 23.2 Å². The van der Waals surface area contributed by atoms with Crippen molar-refractivity contribution in [1.29, 1.82) is 0 Å². The molecule has 0 saturated carbocycles. The number of halogens is 2. The van der Waals surface area contributed by atoms with E-state index in [-0.39, 0.29) is 23.7 Å². The summed E-state index contributed by atoms with van der Waals surface area (Å²) in [6.07, 6.45) is 5.14. The van der Waals surface area contributed by atoms with Gasteiger partial charge in [0, 0.05) is 88.8 Å². The molecular weight excluding hydrogens is 659 g/mol. The molecule has 4 amide bonds. The Hall–Kier alpha value is -4.76. The molecule has 0 fully saturated rings. The standard InChI is InChI=1S/C32H40Cl2N10O4/c1-41-18-22(14-25(41)30(46)37-11-8-28(35)36)39-32(48)27-16-23(19-43(27)3)40-31(47)26-15-21(17-42(26)2)38-29(45)20-4-6-24(7-5-20)44(12-9-33)13-10-34/h4-7,14-19,28H,8-13,35-36H2,1-3H3,(H,37,46)(H,38,45)(H,39,48)(H,40,47)/p+1. The topological polar surface area (TPSA) is 188 Å². The van der Waals surface area contributed by atoms with Gasteiger partial charge in [-0.25, -0.2) is 0 Å². The zero-order valence-electron chi connectivity index (χ0n) is 27.1. The van der Waals surface area contributed by atoms with E-state index in [0.717, 1.165) is 5.69 Å². The van der Waals surface area contributed by atoms with Gasteiger partial charge in [-0.15, -0.1) is 23.2 Å². The van der Waals surface area contributed by atoms with Crippen molar-refractivity contribution in [2.45, 2.75) is 12.6 Å². The zero-order valence-corrected chi connectivity index (χ0v) is 28.6. The SMILES string of the molecule is Cn1cc(NC(=O)c2cc(NC(=O)c3cc(NC(=O)c4ccc(N(CCCl)CCCl)cc4)cn3C)cn2C)cc1C(=O)NCCC(N)[NH3+]. The average molecular weight is 701 g/mol. The Morgan fingerprint density at radius 3 is 1.56 bits per heavy atom. The van der Waals surface area contributed by atoms with Crippen molar-refractivity contribution in [3.63, 3.8) is 0 Å². The maximum absolute atomic E-state index is 13.2. The second-order valence-corrected chi connectivity index (χ2v) is 12.0. The van der Waals surface area contributed by atoms with Crippen LogP contribution in [0, 0.1) is 0 Å². The minimum Gasteiger partial charge on any atom is -0.369 e. The minimum absolute atomic E-state index is 0.276. The van der Waals surface area contributed by atoms with Crippen LogP contribution in [0.3, 0.4) is 0 Å². The van der Waals surface area contributed by atoms with Gasteiger partial charge in [0.05, 0.1) is 17.1 Å². The first-order chi connectivity index (χ1) is 22.9. The van der Waals surface area contributed by atoms with Gasteiger partial charge < -0.3 is 45.6 Å². The van der Waals surface area contributed by atoms with Gasteiger partial charge in [-0.05, 0) is 42.5 Å². The van der Waals surface area contributed by atoms with Crippen molar-refractivity contribution in [1.82, 2.24) is 19.0 Å². The molecule has 0 spiro atoms. The van der Waals surface area contributed by atoms with Crippen molar-refractivity contribution in [2.24, 2.45) is 26.9 Å². The fourth-order valence-corrected chi connectivity index (χ4v) is 5.44. The lowest BCUT2D eigenvalue weighted by molar-refractivity contribution is -0.419. The highest BCUT2D eigenvalue weighted by atomic mass is 35.5. The van der Waals surface area contributed by atoms with Crippen molar-refractivity contribution >= 4 is 69.6 Å². The van der Waals surface area contributed by atoms with E-state index in [4.69, 9.17) is 28.9 Å². The number of nitrogens with two attached hydrogens (primary N) is 1. The summed E-state index contributed by atoms with van der Waals surface area (Å²) in [7, 11) is 5.07. The molecule has 4 aromatic rings. The predicted octanol–water partition coefficient (Wildman–Crippen LogP) is 2.39. The number of hydrogen-bond acceptors (Lipinski definition) is 6. The van der Waals surface area contributed by atoms with Crippen LogP contribution in [0.5, 0.6) is 0 Å². The first kappa shape index (κ1) is 36.1. The maximum atomic E-state index is 13.2. The third-order valence-electron chi connectivity index (χ3n) is 7.49. The summed E-state index contributed by atoms with van der Waals surface area (Å²) in [5, 5.41) is 11.2. The van der Waals surface area contributed by atoms with E-state index in [1.165, 1.54) is 0 Å². The Morgan fingerprint density at radius 2 is 1.15 bits per heavy atom. The largest absolute Gasteiger partial charge is 0.369 e. The lowest BCUT2D eigenvalue weighted by Crippen LogP contribution is -2.66. The summed E-state index contributed by atoms with van der Waals surface area (Å²) in [5.74, 6) is -0.581. The van der Waals surface area contributed by atoms with Crippen LogP contribution < -0.4 is 37.6 Å². The molecule has 4 rings (SSSR count). The number of alkyl halides is 2. The molecule has 0 aliphatic carbocycles. The van der Waals surface area contributed by atoms with Gasteiger partial charge in [-0.1, -0.05) is 0 Å². The third kappa shape index (κ3) is 9.19. The van der Waals surface area contributed by atoms with Crippen molar-refractivity contribution < 1.29 is 24.9 Å². The molecule has 0 bridgehead atoms. The number of anilines is 4. The molecule has 3 aromatic heterocycles. The van der Waals surface area contributed by atoms with E-state index in [9.17, 15) is 19.2 Å². The van der Waals surface area contributed by atoms with Gasteiger partial charge in [0.1, 0.15) is 23.2 Å². The number of aryl methyl sites for hydroxylation is 3. The van der Waals surface area contributed by atoms with E-state index in [2.05, 4.69) is 27.0 Å². The van der Waals surface area contributed by atoms with Crippen molar-refractivity contribution in [3.05, 3.63) is 83.7 Å². The van der Waals surface area contributed by atoms with Gasteiger partial charge in [0.25, 0.3) is 23.6 Å². The summed E-state index contributed by atoms with van der Waals surface area (Å²) in [5.41, 5.74) is 12.9. The van der Waals surface area contributed by atoms with Crippen LogP contribution in [0.2, 0.25) is 0 Å². The molecular formula is C32H41Cl2N10O4+. The zero-order chi connectivity index (χ0) is 35.0. The number of amides is 4. The summed E-state index contributed by atoms with van der Waals surface area (Å²) in [6, 6.07) is 11.8. The number of carbonyl (C=O) groups excluding carboxylic acids is 4. The number of carbonyl (C=O) groups is 4. The van der Waals surface area contributed by atoms with Gasteiger partial charge >= 0.3 is 0 Å². The van der Waals surface area contributed by atoms with E-state index >= 15 is 0 Å². The fourth-order valence-electron chi connectivity index (χ4n) is 5.03. The second-order valence-electron chi connectivity index (χ2n) is 11.3. The van der Waals surface area contributed by atoms with Crippen LogP contribution in [0.4, 0.5) is 22.7 Å². The summed E-state index contributed by atoms with van der Waals surface area (Å²) >= 11 is 11.8.